The highest BCUT2D eigenvalue weighted by Crippen LogP contribution is 2.39. The van der Waals surface area contributed by atoms with Crippen molar-refractivity contribution in [1.29, 1.82) is 0 Å². The van der Waals surface area contributed by atoms with E-state index in [0.717, 1.165) is 12.0 Å². The Labute approximate surface area is 134 Å². The van der Waals surface area contributed by atoms with Gasteiger partial charge in [-0.1, -0.05) is 37.6 Å². The first-order chi connectivity index (χ1) is 11.0. The summed E-state index contributed by atoms with van der Waals surface area (Å²) >= 11 is 0. The van der Waals surface area contributed by atoms with E-state index in [2.05, 4.69) is 0 Å². The molecule has 0 atom stereocenters. The minimum Gasteiger partial charge on any atom is -0.507 e. The standard InChI is InChI=1S/C19H18O4/c1-3-6-14-18(22)15(11(2)20)9-16-17(21)13-8-5-4-7-12(13)10-23-19(14)16/h4-5,7-9,22H,3,6,10H2,1-2H3. The fourth-order valence-electron chi connectivity index (χ4n) is 2.96. The van der Waals surface area contributed by atoms with E-state index in [0.29, 0.717) is 28.9 Å². The smallest absolute Gasteiger partial charge is 0.197 e. The predicted molar refractivity (Wildman–Crippen MR) is 86.3 cm³/mol. The number of Topliss-reactive ketones (excluding diaryl/α,β-unsaturated/α-hetero) is 1. The number of ketones is 2. The quantitative estimate of drug-likeness (QED) is 0.879. The lowest BCUT2D eigenvalue weighted by molar-refractivity contribution is 0.101. The molecule has 3 rings (SSSR count). The normalized spacial score (nSPS) is 12.9. The first-order valence-corrected chi connectivity index (χ1v) is 7.69. The van der Waals surface area contributed by atoms with Crippen molar-refractivity contribution in [3.05, 3.63) is 58.1 Å². The van der Waals surface area contributed by atoms with E-state index >= 15 is 0 Å². The van der Waals surface area contributed by atoms with Crippen molar-refractivity contribution in [2.45, 2.75) is 33.3 Å². The molecule has 0 aliphatic carbocycles. The first-order valence-electron chi connectivity index (χ1n) is 7.69. The van der Waals surface area contributed by atoms with Crippen LogP contribution in [0.25, 0.3) is 0 Å². The number of rotatable bonds is 3. The first kappa shape index (κ1) is 15.3. The van der Waals surface area contributed by atoms with E-state index in [1.807, 2.05) is 19.1 Å². The zero-order chi connectivity index (χ0) is 16.6. The molecule has 4 nitrogen and oxygen atoms in total. The van der Waals surface area contributed by atoms with Gasteiger partial charge in [-0.25, -0.2) is 0 Å². The van der Waals surface area contributed by atoms with Crippen LogP contribution in [0.5, 0.6) is 11.5 Å². The van der Waals surface area contributed by atoms with Crippen molar-refractivity contribution >= 4 is 11.6 Å². The summed E-state index contributed by atoms with van der Waals surface area (Å²) in [5.74, 6) is -0.117. The second kappa shape index (κ2) is 5.88. The van der Waals surface area contributed by atoms with Crippen LogP contribution in [-0.2, 0) is 13.0 Å². The summed E-state index contributed by atoms with van der Waals surface area (Å²) in [6.07, 6.45) is 1.31. The van der Waals surface area contributed by atoms with Crippen LogP contribution < -0.4 is 4.74 Å². The van der Waals surface area contributed by atoms with E-state index in [4.69, 9.17) is 4.74 Å². The number of fused-ring (bicyclic) bond motifs is 2. The summed E-state index contributed by atoms with van der Waals surface area (Å²) < 4.78 is 5.85. The van der Waals surface area contributed by atoms with Crippen LogP contribution in [0.2, 0.25) is 0 Å². The van der Waals surface area contributed by atoms with Crippen LogP contribution in [0.3, 0.4) is 0 Å². The molecular formula is C19H18O4. The van der Waals surface area contributed by atoms with E-state index in [1.165, 1.54) is 13.0 Å². The molecule has 1 heterocycles. The third-order valence-corrected chi connectivity index (χ3v) is 4.11. The maximum atomic E-state index is 12.9. The van der Waals surface area contributed by atoms with Gasteiger partial charge in [0.05, 0.1) is 11.1 Å². The third-order valence-electron chi connectivity index (χ3n) is 4.11. The van der Waals surface area contributed by atoms with Crippen LogP contribution >= 0.6 is 0 Å². The highest BCUT2D eigenvalue weighted by molar-refractivity contribution is 6.14. The van der Waals surface area contributed by atoms with Gasteiger partial charge in [-0.2, -0.15) is 0 Å². The van der Waals surface area contributed by atoms with E-state index in [1.54, 1.807) is 12.1 Å². The topological polar surface area (TPSA) is 63.6 Å². The number of carbonyl (C=O) groups is 2. The number of ether oxygens (including phenoxy) is 1. The fraction of sp³-hybridized carbons (Fsp3) is 0.263. The van der Waals surface area contributed by atoms with Gasteiger partial charge in [0.2, 0.25) is 0 Å². The SMILES string of the molecule is CCCc1c(O)c(C(C)=O)cc2c1OCc1ccccc1C2=O. The van der Waals surface area contributed by atoms with Crippen molar-refractivity contribution < 1.29 is 19.4 Å². The molecule has 0 saturated carbocycles. The zero-order valence-corrected chi connectivity index (χ0v) is 13.2. The lowest BCUT2D eigenvalue weighted by atomic mass is 9.92. The molecular weight excluding hydrogens is 292 g/mol. The van der Waals surface area contributed by atoms with Crippen molar-refractivity contribution in [1.82, 2.24) is 0 Å². The number of phenols is 1. The summed E-state index contributed by atoms with van der Waals surface area (Å²) in [4.78, 5) is 24.7. The average Bonchev–Trinajstić information content (AvgIpc) is 2.67. The van der Waals surface area contributed by atoms with Crippen LogP contribution in [0.4, 0.5) is 0 Å². The molecule has 1 aliphatic rings. The van der Waals surface area contributed by atoms with Gasteiger partial charge in [-0.3, -0.25) is 9.59 Å². The summed E-state index contributed by atoms with van der Waals surface area (Å²) in [6.45, 7) is 3.62. The molecule has 0 aromatic heterocycles. The van der Waals surface area contributed by atoms with Crippen molar-refractivity contribution in [3.8, 4) is 11.5 Å². The molecule has 118 valence electrons. The van der Waals surface area contributed by atoms with Crippen molar-refractivity contribution in [2.24, 2.45) is 0 Å². The van der Waals surface area contributed by atoms with E-state index in [9.17, 15) is 14.7 Å². The van der Waals surface area contributed by atoms with Gasteiger partial charge in [0, 0.05) is 16.7 Å². The lowest BCUT2D eigenvalue weighted by Gasteiger charge is -2.16. The van der Waals surface area contributed by atoms with Gasteiger partial charge in [0.25, 0.3) is 0 Å². The zero-order valence-electron chi connectivity index (χ0n) is 13.2. The summed E-state index contributed by atoms with van der Waals surface area (Å²) in [5.41, 5.74) is 2.44. The Kier molecular flexibility index (Phi) is 3.90. The molecule has 1 N–H and O–H groups in total. The lowest BCUT2D eigenvalue weighted by Crippen LogP contribution is -2.07. The molecule has 2 aromatic carbocycles. The Hall–Kier alpha value is -2.62. The monoisotopic (exact) mass is 310 g/mol. The molecule has 0 saturated heterocycles. The van der Waals surface area contributed by atoms with Crippen LogP contribution in [0, 0.1) is 0 Å². The Balaban J connectivity index is 2.28. The van der Waals surface area contributed by atoms with Gasteiger partial charge < -0.3 is 9.84 Å². The maximum Gasteiger partial charge on any atom is 0.197 e. The van der Waals surface area contributed by atoms with Crippen LogP contribution in [0.15, 0.2) is 30.3 Å². The van der Waals surface area contributed by atoms with Gasteiger partial charge in [0.15, 0.2) is 11.6 Å². The van der Waals surface area contributed by atoms with Gasteiger partial charge >= 0.3 is 0 Å². The van der Waals surface area contributed by atoms with E-state index in [-0.39, 0.29) is 29.5 Å². The summed E-state index contributed by atoms with van der Waals surface area (Å²) in [6, 6.07) is 8.73. The average molecular weight is 310 g/mol. The highest BCUT2D eigenvalue weighted by atomic mass is 16.5. The Morgan fingerprint density at radius 1 is 1.26 bits per heavy atom. The molecule has 0 bridgehead atoms. The second-order valence-electron chi connectivity index (χ2n) is 5.71. The molecule has 0 spiro atoms. The number of hydrogen-bond donors (Lipinski definition) is 1. The Morgan fingerprint density at radius 2 is 2.00 bits per heavy atom. The van der Waals surface area contributed by atoms with Crippen molar-refractivity contribution in [2.75, 3.05) is 0 Å². The summed E-state index contributed by atoms with van der Waals surface area (Å²) in [5, 5.41) is 10.4. The molecule has 0 radical (unpaired) electrons. The molecule has 0 fully saturated rings. The molecule has 23 heavy (non-hydrogen) atoms. The Morgan fingerprint density at radius 3 is 2.70 bits per heavy atom. The minimum atomic E-state index is -0.270. The molecule has 4 heteroatoms. The number of phenolic OH excluding ortho intramolecular Hbond substituents is 1. The molecule has 1 aliphatic heterocycles. The largest absolute Gasteiger partial charge is 0.507 e. The predicted octanol–water partition coefficient (Wildman–Crippen LogP) is 3.67. The van der Waals surface area contributed by atoms with Crippen LogP contribution in [-0.4, -0.2) is 16.7 Å². The minimum absolute atomic E-state index is 0.0724. The van der Waals surface area contributed by atoms with E-state index < -0.39 is 0 Å². The summed E-state index contributed by atoms with van der Waals surface area (Å²) in [7, 11) is 0. The van der Waals surface area contributed by atoms with Crippen LogP contribution in [0.1, 0.15) is 57.7 Å². The second-order valence-corrected chi connectivity index (χ2v) is 5.71. The maximum absolute atomic E-state index is 12.9. The molecule has 0 unspecified atom stereocenters. The number of carbonyl (C=O) groups excluding carboxylic acids is 2. The Bertz CT molecular complexity index is 805. The number of benzene rings is 2. The van der Waals surface area contributed by atoms with Gasteiger partial charge in [0.1, 0.15) is 18.1 Å². The third kappa shape index (κ3) is 2.50. The number of aromatic hydroxyl groups is 1. The molecule has 2 aromatic rings. The molecule has 0 amide bonds. The highest BCUT2D eigenvalue weighted by Gasteiger charge is 2.28. The van der Waals surface area contributed by atoms with Crippen molar-refractivity contribution in [3.63, 3.8) is 0 Å². The number of hydrogen-bond acceptors (Lipinski definition) is 4. The fourth-order valence-corrected chi connectivity index (χ4v) is 2.96. The van der Waals surface area contributed by atoms with Gasteiger partial charge in [-0.15, -0.1) is 0 Å². The van der Waals surface area contributed by atoms with Gasteiger partial charge in [-0.05, 0) is 19.4 Å².